The summed E-state index contributed by atoms with van der Waals surface area (Å²) >= 11 is 1.82. The van der Waals surface area contributed by atoms with Crippen molar-refractivity contribution < 1.29 is 13.2 Å². The van der Waals surface area contributed by atoms with Crippen LogP contribution in [0.1, 0.15) is 17.5 Å². The summed E-state index contributed by atoms with van der Waals surface area (Å²) in [6.45, 7) is 2.21. The second-order valence-corrected chi connectivity index (χ2v) is 9.36. The van der Waals surface area contributed by atoms with E-state index < -0.39 is 10.0 Å². The van der Waals surface area contributed by atoms with Gasteiger partial charge >= 0.3 is 0 Å². The first-order valence-corrected chi connectivity index (χ1v) is 11.8. The first kappa shape index (κ1) is 21.3. The number of sulfonamides is 1. The van der Waals surface area contributed by atoms with E-state index in [-0.39, 0.29) is 12.5 Å². The molecule has 0 aromatic heterocycles. The molecule has 146 valence electrons. The average molecular weight is 407 g/mol. The van der Waals surface area contributed by atoms with E-state index in [0.29, 0.717) is 12.2 Å². The lowest BCUT2D eigenvalue weighted by Crippen LogP contribution is -2.40. The normalized spacial score (nSPS) is 11.2. The summed E-state index contributed by atoms with van der Waals surface area (Å²) in [5.74, 6) is 1.59. The number of thioether (sulfide) groups is 1. The minimum Gasteiger partial charge on any atom is -0.354 e. The van der Waals surface area contributed by atoms with E-state index in [1.165, 1.54) is 5.56 Å². The van der Waals surface area contributed by atoms with Gasteiger partial charge in [0, 0.05) is 12.3 Å². The number of amides is 1. The molecule has 1 N–H and O–H groups in total. The molecule has 7 heteroatoms. The Morgan fingerprint density at radius 2 is 1.85 bits per heavy atom. The van der Waals surface area contributed by atoms with Crippen LogP contribution in [0.4, 0.5) is 5.69 Å². The summed E-state index contributed by atoms with van der Waals surface area (Å²) in [5, 5.41) is 2.81. The van der Waals surface area contributed by atoms with Gasteiger partial charge in [-0.1, -0.05) is 42.5 Å². The third-order valence-electron chi connectivity index (χ3n) is 3.88. The van der Waals surface area contributed by atoms with Gasteiger partial charge in [-0.3, -0.25) is 9.10 Å². The molecule has 0 spiro atoms. The zero-order valence-electron chi connectivity index (χ0n) is 15.7. The lowest BCUT2D eigenvalue weighted by Gasteiger charge is -2.22. The lowest BCUT2D eigenvalue weighted by molar-refractivity contribution is -0.119. The Morgan fingerprint density at radius 1 is 1.11 bits per heavy atom. The second-order valence-electron chi connectivity index (χ2n) is 6.35. The number of rotatable bonds is 10. The minimum absolute atomic E-state index is 0.209. The maximum atomic E-state index is 12.2. The highest BCUT2D eigenvalue weighted by Crippen LogP contribution is 2.18. The van der Waals surface area contributed by atoms with E-state index >= 15 is 0 Å². The second kappa shape index (κ2) is 10.4. The Bertz CT molecular complexity index is 839. The van der Waals surface area contributed by atoms with Crippen molar-refractivity contribution in [3.8, 4) is 0 Å². The standard InChI is InChI=1S/C20H26N2O3S2/c1-17-8-6-11-19(14-17)22(27(2,24)25)15-20(23)21-12-7-13-26-16-18-9-4-3-5-10-18/h3-6,8-11,14H,7,12-13,15-16H2,1-2H3,(H,21,23). The van der Waals surface area contributed by atoms with Gasteiger partial charge in [-0.2, -0.15) is 11.8 Å². The number of benzene rings is 2. The van der Waals surface area contributed by atoms with Crippen LogP contribution >= 0.6 is 11.8 Å². The lowest BCUT2D eigenvalue weighted by atomic mass is 10.2. The maximum absolute atomic E-state index is 12.2. The van der Waals surface area contributed by atoms with Crippen LogP contribution in [0, 0.1) is 6.92 Å². The Morgan fingerprint density at radius 3 is 2.52 bits per heavy atom. The van der Waals surface area contributed by atoms with Crippen LogP contribution in [0.3, 0.4) is 0 Å². The molecule has 0 unspecified atom stereocenters. The van der Waals surface area contributed by atoms with Crippen molar-refractivity contribution in [3.05, 3.63) is 65.7 Å². The maximum Gasteiger partial charge on any atom is 0.240 e. The van der Waals surface area contributed by atoms with E-state index in [0.717, 1.165) is 34.1 Å². The zero-order chi connectivity index (χ0) is 19.7. The molecule has 2 aromatic carbocycles. The van der Waals surface area contributed by atoms with Gasteiger partial charge in [-0.15, -0.1) is 0 Å². The Kier molecular flexibility index (Phi) is 8.19. The SMILES string of the molecule is Cc1cccc(N(CC(=O)NCCCSCc2ccccc2)S(C)(=O)=O)c1. The summed E-state index contributed by atoms with van der Waals surface area (Å²) in [4.78, 5) is 12.2. The molecule has 0 saturated carbocycles. The first-order valence-electron chi connectivity index (χ1n) is 8.79. The highest BCUT2D eigenvalue weighted by atomic mass is 32.2. The van der Waals surface area contributed by atoms with Gasteiger partial charge in [0.05, 0.1) is 11.9 Å². The summed E-state index contributed by atoms with van der Waals surface area (Å²) < 4.78 is 25.3. The van der Waals surface area contributed by atoms with Gasteiger partial charge in [0.1, 0.15) is 6.54 Å². The van der Waals surface area contributed by atoms with Gasteiger partial charge in [0.2, 0.25) is 15.9 Å². The molecule has 0 saturated heterocycles. The van der Waals surface area contributed by atoms with Crippen LogP contribution in [0.15, 0.2) is 54.6 Å². The van der Waals surface area contributed by atoms with Crippen LogP contribution < -0.4 is 9.62 Å². The van der Waals surface area contributed by atoms with Crippen LogP contribution in [0.2, 0.25) is 0 Å². The van der Waals surface area contributed by atoms with Crippen LogP contribution in [-0.2, 0) is 20.6 Å². The summed E-state index contributed by atoms with van der Waals surface area (Å²) in [6, 6.07) is 17.4. The minimum atomic E-state index is -3.53. The number of nitrogens with one attached hydrogen (secondary N) is 1. The molecule has 0 heterocycles. The molecule has 0 aliphatic rings. The van der Waals surface area contributed by atoms with Gasteiger partial charge < -0.3 is 5.32 Å². The average Bonchev–Trinajstić information content (AvgIpc) is 2.62. The fraction of sp³-hybridized carbons (Fsp3) is 0.350. The smallest absolute Gasteiger partial charge is 0.240 e. The van der Waals surface area contributed by atoms with E-state index in [1.54, 1.807) is 18.2 Å². The quantitative estimate of drug-likeness (QED) is 0.616. The number of hydrogen-bond acceptors (Lipinski definition) is 4. The van der Waals surface area contributed by atoms with E-state index in [9.17, 15) is 13.2 Å². The van der Waals surface area contributed by atoms with E-state index in [2.05, 4.69) is 17.4 Å². The van der Waals surface area contributed by atoms with Gasteiger partial charge in [-0.05, 0) is 42.4 Å². The molecule has 27 heavy (non-hydrogen) atoms. The van der Waals surface area contributed by atoms with Crippen molar-refractivity contribution in [2.24, 2.45) is 0 Å². The Labute approximate surface area is 166 Å². The van der Waals surface area contributed by atoms with Crippen molar-refractivity contribution in [1.29, 1.82) is 0 Å². The molecular formula is C20H26N2O3S2. The van der Waals surface area contributed by atoms with Crippen molar-refractivity contribution >= 4 is 33.4 Å². The third-order valence-corrected chi connectivity index (χ3v) is 6.13. The molecule has 0 fully saturated rings. The largest absolute Gasteiger partial charge is 0.354 e. The first-order chi connectivity index (χ1) is 12.9. The summed E-state index contributed by atoms with van der Waals surface area (Å²) in [6.07, 6.45) is 1.95. The number of anilines is 1. The van der Waals surface area contributed by atoms with Crippen molar-refractivity contribution in [1.82, 2.24) is 5.32 Å². The molecule has 0 aliphatic carbocycles. The Hall–Kier alpha value is -1.99. The molecule has 0 aliphatic heterocycles. The predicted octanol–water partition coefficient (Wildman–Crippen LogP) is 3.20. The van der Waals surface area contributed by atoms with Crippen molar-refractivity contribution in [3.63, 3.8) is 0 Å². The van der Waals surface area contributed by atoms with Crippen molar-refractivity contribution in [2.75, 3.05) is 29.4 Å². The van der Waals surface area contributed by atoms with Crippen LogP contribution in [0.5, 0.6) is 0 Å². The molecule has 0 atom stereocenters. The van der Waals surface area contributed by atoms with Crippen molar-refractivity contribution in [2.45, 2.75) is 19.1 Å². The molecule has 2 rings (SSSR count). The summed E-state index contributed by atoms with van der Waals surface area (Å²) in [7, 11) is -3.53. The molecule has 0 bridgehead atoms. The number of aryl methyl sites for hydroxylation is 1. The molecule has 5 nitrogen and oxygen atoms in total. The van der Waals surface area contributed by atoms with Gasteiger partial charge in [-0.25, -0.2) is 8.42 Å². The highest BCUT2D eigenvalue weighted by Gasteiger charge is 2.20. The van der Waals surface area contributed by atoms with Gasteiger partial charge in [0.25, 0.3) is 0 Å². The Balaban J connectivity index is 1.76. The fourth-order valence-electron chi connectivity index (χ4n) is 2.54. The zero-order valence-corrected chi connectivity index (χ0v) is 17.4. The number of nitrogens with zero attached hydrogens (tertiary/aromatic N) is 1. The fourth-order valence-corrected chi connectivity index (χ4v) is 4.30. The third kappa shape index (κ3) is 7.64. The molecule has 0 radical (unpaired) electrons. The van der Waals surface area contributed by atoms with E-state index in [1.807, 2.05) is 43.0 Å². The molecule has 1 amide bonds. The van der Waals surface area contributed by atoms with Crippen LogP contribution in [-0.4, -0.2) is 39.4 Å². The van der Waals surface area contributed by atoms with E-state index in [4.69, 9.17) is 0 Å². The monoisotopic (exact) mass is 406 g/mol. The van der Waals surface area contributed by atoms with Gasteiger partial charge in [0.15, 0.2) is 0 Å². The summed E-state index contributed by atoms with van der Waals surface area (Å²) in [5.41, 5.74) is 2.73. The number of carbonyl (C=O) groups excluding carboxylic acids is 1. The molecule has 2 aromatic rings. The topological polar surface area (TPSA) is 66.5 Å². The number of carbonyl (C=O) groups is 1. The molecular weight excluding hydrogens is 380 g/mol. The predicted molar refractivity (Wildman–Crippen MR) is 114 cm³/mol. The number of hydrogen-bond donors (Lipinski definition) is 1. The highest BCUT2D eigenvalue weighted by molar-refractivity contribution is 7.98. The van der Waals surface area contributed by atoms with Crippen LogP contribution in [0.25, 0.3) is 0 Å².